The number of hydrogen-bond donors (Lipinski definition) is 1. The van der Waals surface area contributed by atoms with Crippen molar-refractivity contribution in [2.75, 3.05) is 12.4 Å². The summed E-state index contributed by atoms with van der Waals surface area (Å²) in [6.07, 6.45) is 4.97. The molecule has 0 heterocycles. The molecule has 2 aromatic rings. The Kier molecular flexibility index (Phi) is 4.42. The van der Waals surface area contributed by atoms with Crippen molar-refractivity contribution in [1.82, 2.24) is 0 Å². The summed E-state index contributed by atoms with van der Waals surface area (Å²) in [5.74, 6) is 0.849. The molecule has 92 valence electrons. The first kappa shape index (κ1) is 12.2. The molecule has 18 heavy (non-hydrogen) atoms. The molecule has 0 amide bonds. The fourth-order valence-corrected chi connectivity index (χ4v) is 1.72. The molecule has 0 saturated heterocycles. The number of nitrogens with one attached hydrogen (secondary N) is 1. The summed E-state index contributed by atoms with van der Waals surface area (Å²) in [5.41, 5.74) is 2.28. The topological polar surface area (TPSA) is 21.3 Å². The molecule has 0 unspecified atom stereocenters. The van der Waals surface area contributed by atoms with Crippen LogP contribution in [0.5, 0.6) is 5.75 Å². The lowest BCUT2D eigenvalue weighted by Crippen LogP contribution is -1.92. The average Bonchev–Trinajstić information content (AvgIpc) is 2.45. The third-order valence-electron chi connectivity index (χ3n) is 2.66. The Labute approximate surface area is 108 Å². The standard InChI is InChI=1S/C16H17NO/c1-18-16-12-6-5-11-15(16)17-13-7-10-14-8-3-2-4-9-14/h2-9,11-13,17H,10H2,1H3/b13-7-. The Morgan fingerprint density at radius 2 is 1.72 bits per heavy atom. The highest BCUT2D eigenvalue weighted by atomic mass is 16.5. The number of benzene rings is 2. The van der Waals surface area contributed by atoms with E-state index in [9.17, 15) is 0 Å². The number of hydrogen-bond acceptors (Lipinski definition) is 2. The van der Waals surface area contributed by atoms with Crippen molar-refractivity contribution in [2.24, 2.45) is 0 Å². The third-order valence-corrected chi connectivity index (χ3v) is 2.66. The van der Waals surface area contributed by atoms with Crippen LogP contribution in [0.15, 0.2) is 66.9 Å². The Hall–Kier alpha value is -2.22. The van der Waals surface area contributed by atoms with Crippen LogP contribution in [0.4, 0.5) is 5.69 Å². The summed E-state index contributed by atoms with van der Waals surface area (Å²) in [5, 5.41) is 3.23. The molecule has 0 saturated carbocycles. The van der Waals surface area contributed by atoms with Gasteiger partial charge < -0.3 is 10.1 Å². The maximum absolute atomic E-state index is 5.26. The van der Waals surface area contributed by atoms with Crippen molar-refractivity contribution in [3.63, 3.8) is 0 Å². The van der Waals surface area contributed by atoms with Crippen molar-refractivity contribution in [3.8, 4) is 5.75 Å². The summed E-state index contributed by atoms with van der Waals surface area (Å²) in [4.78, 5) is 0. The van der Waals surface area contributed by atoms with E-state index in [0.717, 1.165) is 17.9 Å². The first-order chi connectivity index (χ1) is 8.90. The number of anilines is 1. The van der Waals surface area contributed by atoms with Crippen molar-refractivity contribution >= 4 is 5.69 Å². The van der Waals surface area contributed by atoms with Crippen LogP contribution < -0.4 is 10.1 Å². The molecule has 0 atom stereocenters. The SMILES string of the molecule is COc1ccccc1N/C=C\Cc1ccccc1. The molecule has 2 rings (SSSR count). The highest BCUT2D eigenvalue weighted by Gasteiger charge is 1.97. The second kappa shape index (κ2) is 6.50. The normalized spacial score (nSPS) is 10.5. The van der Waals surface area contributed by atoms with Gasteiger partial charge in [-0.15, -0.1) is 0 Å². The second-order valence-electron chi connectivity index (χ2n) is 3.94. The molecular formula is C16H17NO. The monoisotopic (exact) mass is 239 g/mol. The van der Waals surface area contributed by atoms with Gasteiger partial charge in [-0.2, -0.15) is 0 Å². The fraction of sp³-hybridized carbons (Fsp3) is 0.125. The minimum Gasteiger partial charge on any atom is -0.495 e. The van der Waals surface area contributed by atoms with E-state index < -0.39 is 0 Å². The van der Waals surface area contributed by atoms with Gasteiger partial charge in [0.25, 0.3) is 0 Å². The molecule has 0 bridgehead atoms. The van der Waals surface area contributed by atoms with E-state index in [2.05, 4.69) is 35.7 Å². The molecule has 0 spiro atoms. The molecule has 0 aliphatic carbocycles. The largest absolute Gasteiger partial charge is 0.495 e. The zero-order valence-electron chi connectivity index (χ0n) is 10.5. The van der Waals surface area contributed by atoms with Crippen LogP contribution >= 0.6 is 0 Å². The van der Waals surface area contributed by atoms with Gasteiger partial charge in [0.15, 0.2) is 0 Å². The van der Waals surface area contributed by atoms with Crippen LogP contribution in [0.2, 0.25) is 0 Å². The van der Waals surface area contributed by atoms with Crippen LogP contribution in [0.25, 0.3) is 0 Å². The van der Waals surface area contributed by atoms with Crippen LogP contribution in [-0.4, -0.2) is 7.11 Å². The number of rotatable bonds is 5. The molecule has 0 aliphatic heterocycles. The van der Waals surface area contributed by atoms with Crippen molar-refractivity contribution in [2.45, 2.75) is 6.42 Å². The van der Waals surface area contributed by atoms with Gasteiger partial charge in [0.1, 0.15) is 5.75 Å². The minimum absolute atomic E-state index is 0.849. The van der Waals surface area contributed by atoms with Gasteiger partial charge in [-0.1, -0.05) is 48.5 Å². The number of para-hydroxylation sites is 2. The molecule has 2 aromatic carbocycles. The number of methoxy groups -OCH3 is 1. The predicted octanol–water partition coefficient (Wildman–Crippen LogP) is 3.86. The Bertz CT molecular complexity index is 506. The molecule has 1 N–H and O–H groups in total. The third kappa shape index (κ3) is 3.39. The summed E-state index contributed by atoms with van der Waals surface area (Å²) in [7, 11) is 1.67. The predicted molar refractivity (Wildman–Crippen MR) is 75.9 cm³/mol. The first-order valence-electron chi connectivity index (χ1n) is 5.98. The lowest BCUT2D eigenvalue weighted by atomic mass is 10.1. The summed E-state index contributed by atoms with van der Waals surface area (Å²) < 4.78 is 5.26. The zero-order chi connectivity index (χ0) is 12.6. The van der Waals surface area contributed by atoms with Gasteiger partial charge in [-0.3, -0.25) is 0 Å². The van der Waals surface area contributed by atoms with Gasteiger partial charge in [0.2, 0.25) is 0 Å². The van der Waals surface area contributed by atoms with Crippen molar-refractivity contribution < 1.29 is 4.74 Å². The smallest absolute Gasteiger partial charge is 0.142 e. The molecule has 0 aliphatic rings. The first-order valence-corrected chi connectivity index (χ1v) is 5.98. The lowest BCUT2D eigenvalue weighted by Gasteiger charge is -2.06. The molecule has 0 radical (unpaired) electrons. The maximum atomic E-state index is 5.26. The van der Waals surface area contributed by atoms with Gasteiger partial charge in [0, 0.05) is 0 Å². The van der Waals surface area contributed by atoms with Crippen LogP contribution in [0, 0.1) is 0 Å². The van der Waals surface area contributed by atoms with E-state index in [1.54, 1.807) is 7.11 Å². The van der Waals surface area contributed by atoms with E-state index in [-0.39, 0.29) is 0 Å². The number of ether oxygens (including phenoxy) is 1. The molecular weight excluding hydrogens is 222 g/mol. The highest BCUT2D eigenvalue weighted by Crippen LogP contribution is 2.22. The van der Waals surface area contributed by atoms with E-state index in [0.29, 0.717) is 0 Å². The van der Waals surface area contributed by atoms with Crippen molar-refractivity contribution in [3.05, 3.63) is 72.4 Å². The van der Waals surface area contributed by atoms with Crippen LogP contribution in [-0.2, 0) is 6.42 Å². The van der Waals surface area contributed by atoms with Crippen LogP contribution in [0.3, 0.4) is 0 Å². The van der Waals surface area contributed by atoms with Crippen molar-refractivity contribution in [1.29, 1.82) is 0 Å². The average molecular weight is 239 g/mol. The lowest BCUT2D eigenvalue weighted by molar-refractivity contribution is 0.417. The second-order valence-corrected chi connectivity index (χ2v) is 3.94. The maximum Gasteiger partial charge on any atom is 0.142 e. The minimum atomic E-state index is 0.849. The Morgan fingerprint density at radius 1 is 1.00 bits per heavy atom. The zero-order valence-corrected chi connectivity index (χ0v) is 10.5. The number of allylic oxidation sites excluding steroid dienone is 1. The Balaban J connectivity index is 1.91. The van der Waals surface area contributed by atoms with Gasteiger partial charge in [0.05, 0.1) is 12.8 Å². The van der Waals surface area contributed by atoms with Gasteiger partial charge >= 0.3 is 0 Å². The van der Waals surface area contributed by atoms with E-state index in [4.69, 9.17) is 4.74 Å². The Morgan fingerprint density at radius 3 is 2.50 bits per heavy atom. The summed E-state index contributed by atoms with van der Waals surface area (Å²) >= 11 is 0. The molecule has 0 aromatic heterocycles. The summed E-state index contributed by atoms with van der Waals surface area (Å²) in [6.45, 7) is 0. The van der Waals surface area contributed by atoms with E-state index in [1.807, 2.05) is 36.5 Å². The quantitative estimate of drug-likeness (QED) is 0.855. The highest BCUT2D eigenvalue weighted by molar-refractivity contribution is 5.57. The fourth-order valence-electron chi connectivity index (χ4n) is 1.72. The summed E-state index contributed by atoms with van der Waals surface area (Å²) in [6, 6.07) is 18.2. The van der Waals surface area contributed by atoms with Gasteiger partial charge in [-0.05, 0) is 30.3 Å². The molecule has 0 fully saturated rings. The van der Waals surface area contributed by atoms with E-state index in [1.165, 1.54) is 5.56 Å². The van der Waals surface area contributed by atoms with Crippen LogP contribution in [0.1, 0.15) is 5.56 Å². The molecule has 2 nitrogen and oxygen atoms in total. The molecule has 2 heteroatoms. The van der Waals surface area contributed by atoms with Gasteiger partial charge in [-0.25, -0.2) is 0 Å². The van der Waals surface area contributed by atoms with E-state index >= 15 is 0 Å².